The number of fused-ring (bicyclic) bond motifs is 1. The van der Waals surface area contributed by atoms with Crippen molar-refractivity contribution < 1.29 is 19.0 Å². The van der Waals surface area contributed by atoms with E-state index in [-0.39, 0.29) is 17.7 Å². The lowest BCUT2D eigenvalue weighted by Crippen LogP contribution is -2.41. The molecule has 0 aliphatic heterocycles. The summed E-state index contributed by atoms with van der Waals surface area (Å²) in [6.45, 7) is 3.67. The molecule has 7 nitrogen and oxygen atoms in total. The van der Waals surface area contributed by atoms with Crippen LogP contribution in [0.5, 0.6) is 5.75 Å². The summed E-state index contributed by atoms with van der Waals surface area (Å²) in [5.74, 6) is -0.536. The normalized spacial score (nSPS) is 19.1. The number of hydrogen-bond donors (Lipinski definition) is 2. The van der Waals surface area contributed by atoms with E-state index in [2.05, 4.69) is 15.4 Å². The summed E-state index contributed by atoms with van der Waals surface area (Å²) in [6.07, 6.45) is 3.66. The van der Waals surface area contributed by atoms with Crippen LogP contribution in [-0.4, -0.2) is 38.5 Å². The van der Waals surface area contributed by atoms with Gasteiger partial charge in [-0.3, -0.25) is 9.48 Å². The van der Waals surface area contributed by atoms with Crippen LogP contribution in [0.4, 0.5) is 10.1 Å². The first kappa shape index (κ1) is 19.3. The highest BCUT2D eigenvalue weighted by Gasteiger charge is 2.40. The Morgan fingerprint density at radius 2 is 2.10 bits per heavy atom. The fourth-order valence-electron chi connectivity index (χ4n) is 3.63. The number of anilines is 1. The molecule has 2 N–H and O–H groups in total. The number of rotatable bonds is 5. The molecular weight excluding hydrogens is 375 g/mol. The highest BCUT2D eigenvalue weighted by atomic mass is 19.1. The van der Waals surface area contributed by atoms with Crippen molar-refractivity contribution in [2.75, 3.05) is 12.4 Å². The van der Waals surface area contributed by atoms with Crippen LogP contribution in [0.25, 0.3) is 10.9 Å². The number of nitrogens with zero attached hydrogens (tertiary/aromatic N) is 3. The second kappa shape index (κ2) is 7.11. The molecule has 3 aromatic rings. The van der Waals surface area contributed by atoms with Gasteiger partial charge in [0.05, 0.1) is 30.0 Å². The van der Waals surface area contributed by atoms with E-state index in [0.29, 0.717) is 11.4 Å². The average molecular weight is 398 g/mol. The second-order valence-electron chi connectivity index (χ2n) is 8.00. The molecule has 1 aliphatic carbocycles. The van der Waals surface area contributed by atoms with Crippen LogP contribution in [0.1, 0.15) is 43.2 Å². The van der Waals surface area contributed by atoms with Gasteiger partial charge in [-0.1, -0.05) is 6.07 Å². The van der Waals surface area contributed by atoms with Crippen LogP contribution in [0.3, 0.4) is 0 Å². The first-order valence-corrected chi connectivity index (χ1v) is 9.48. The minimum atomic E-state index is -0.716. The second-order valence-corrected chi connectivity index (χ2v) is 8.00. The predicted octanol–water partition coefficient (Wildman–Crippen LogP) is 3.55. The maximum atomic E-state index is 13.3. The Morgan fingerprint density at radius 3 is 2.76 bits per heavy atom. The van der Waals surface area contributed by atoms with Crippen molar-refractivity contribution in [3.05, 3.63) is 48.2 Å². The number of carbonyl (C=O) groups excluding carboxylic acids is 1. The molecule has 152 valence electrons. The van der Waals surface area contributed by atoms with Gasteiger partial charge in [0.1, 0.15) is 11.4 Å². The van der Waals surface area contributed by atoms with Crippen molar-refractivity contribution in [3.63, 3.8) is 0 Å². The Balaban J connectivity index is 1.58. The minimum absolute atomic E-state index is 0.0185. The van der Waals surface area contributed by atoms with Crippen molar-refractivity contribution in [2.24, 2.45) is 5.92 Å². The Kier molecular flexibility index (Phi) is 4.74. The zero-order valence-corrected chi connectivity index (χ0v) is 16.5. The Hall–Kier alpha value is -3.00. The lowest BCUT2D eigenvalue weighted by molar-refractivity contribution is -0.0412. The summed E-state index contributed by atoms with van der Waals surface area (Å²) in [5.41, 5.74) is 0.498. The van der Waals surface area contributed by atoms with Crippen LogP contribution < -0.4 is 10.1 Å². The third-order valence-electron chi connectivity index (χ3n) is 5.53. The molecule has 8 heteroatoms. The SMILES string of the molecule is COc1cc2nn([C@H]3C[C@H](C(C)(C)O)C3)cc2cc1NC(=O)c1cccc(F)n1. The number of amides is 1. The van der Waals surface area contributed by atoms with Crippen LogP contribution in [-0.2, 0) is 0 Å². The minimum Gasteiger partial charge on any atom is -0.494 e. The van der Waals surface area contributed by atoms with Gasteiger partial charge < -0.3 is 15.2 Å². The summed E-state index contributed by atoms with van der Waals surface area (Å²) < 4.78 is 20.6. The van der Waals surface area contributed by atoms with Gasteiger partial charge in [-0.25, -0.2) is 4.98 Å². The monoisotopic (exact) mass is 398 g/mol. The molecule has 0 bridgehead atoms. The number of pyridine rings is 1. The number of carbonyl (C=O) groups is 1. The Labute approximate surface area is 167 Å². The van der Waals surface area contributed by atoms with Gasteiger partial charge >= 0.3 is 0 Å². The predicted molar refractivity (Wildman–Crippen MR) is 106 cm³/mol. The van der Waals surface area contributed by atoms with E-state index >= 15 is 0 Å². The lowest BCUT2D eigenvalue weighted by atomic mass is 9.71. The topological polar surface area (TPSA) is 89.3 Å². The van der Waals surface area contributed by atoms with Crippen molar-refractivity contribution in [2.45, 2.75) is 38.3 Å². The van der Waals surface area contributed by atoms with Gasteiger partial charge in [-0.05, 0) is 50.8 Å². The molecule has 1 aromatic carbocycles. The maximum absolute atomic E-state index is 13.3. The molecule has 1 amide bonds. The number of hydrogen-bond acceptors (Lipinski definition) is 5. The maximum Gasteiger partial charge on any atom is 0.274 e. The lowest BCUT2D eigenvalue weighted by Gasteiger charge is -2.42. The molecule has 1 saturated carbocycles. The van der Waals surface area contributed by atoms with Crippen LogP contribution >= 0.6 is 0 Å². The molecular formula is C21H23FN4O3. The van der Waals surface area contributed by atoms with E-state index < -0.39 is 17.5 Å². The zero-order chi connectivity index (χ0) is 20.8. The van der Waals surface area contributed by atoms with E-state index in [9.17, 15) is 14.3 Å². The van der Waals surface area contributed by atoms with E-state index in [4.69, 9.17) is 4.74 Å². The molecule has 0 radical (unpaired) electrons. The largest absolute Gasteiger partial charge is 0.494 e. The van der Waals surface area contributed by atoms with Crippen LogP contribution in [0.2, 0.25) is 0 Å². The van der Waals surface area contributed by atoms with Crippen LogP contribution in [0, 0.1) is 11.9 Å². The van der Waals surface area contributed by atoms with Crippen molar-refractivity contribution in [3.8, 4) is 5.75 Å². The van der Waals surface area contributed by atoms with Gasteiger partial charge in [0.2, 0.25) is 5.95 Å². The zero-order valence-electron chi connectivity index (χ0n) is 16.5. The van der Waals surface area contributed by atoms with Gasteiger partial charge in [0, 0.05) is 17.6 Å². The standard InChI is InChI=1S/C21H23FN4O3/c1-21(2,28)13-8-14(9-13)26-11-12-7-17(18(29-3)10-16(12)25-26)24-20(27)15-5-4-6-19(22)23-15/h4-7,10-11,13-14,28H,8-9H2,1-3H3,(H,24,27)/t13-,14-. The Bertz CT molecular complexity index is 1070. The molecule has 0 saturated heterocycles. The first-order valence-electron chi connectivity index (χ1n) is 9.48. The van der Waals surface area contributed by atoms with E-state index in [1.165, 1.54) is 25.3 Å². The number of methoxy groups -OCH3 is 1. The molecule has 0 spiro atoms. The van der Waals surface area contributed by atoms with Crippen molar-refractivity contribution >= 4 is 22.5 Å². The summed E-state index contributed by atoms with van der Waals surface area (Å²) in [6, 6.07) is 7.83. The fourth-order valence-corrected chi connectivity index (χ4v) is 3.63. The summed E-state index contributed by atoms with van der Waals surface area (Å²) in [7, 11) is 1.51. The third kappa shape index (κ3) is 3.80. The molecule has 4 rings (SSSR count). The highest BCUT2D eigenvalue weighted by Crippen LogP contribution is 2.44. The number of nitrogens with one attached hydrogen (secondary N) is 1. The van der Waals surface area contributed by atoms with Crippen LogP contribution in [0.15, 0.2) is 36.5 Å². The molecule has 1 aliphatic rings. The summed E-state index contributed by atoms with van der Waals surface area (Å²) in [4.78, 5) is 16.0. The molecule has 1 fully saturated rings. The quantitative estimate of drug-likeness (QED) is 0.642. The number of halogens is 1. The van der Waals surface area contributed by atoms with E-state index in [0.717, 1.165) is 23.7 Å². The summed E-state index contributed by atoms with van der Waals surface area (Å²) in [5, 5.41) is 18.3. The Morgan fingerprint density at radius 1 is 1.34 bits per heavy atom. The van der Waals surface area contributed by atoms with E-state index in [1.807, 2.05) is 24.7 Å². The highest BCUT2D eigenvalue weighted by molar-refractivity contribution is 6.05. The average Bonchev–Trinajstić information content (AvgIpc) is 3.00. The third-order valence-corrected chi connectivity index (χ3v) is 5.53. The van der Waals surface area contributed by atoms with Crippen molar-refractivity contribution in [1.82, 2.24) is 14.8 Å². The number of benzene rings is 1. The number of ether oxygens (including phenoxy) is 1. The van der Waals surface area contributed by atoms with Gasteiger partial charge in [0.25, 0.3) is 5.91 Å². The molecule has 2 heterocycles. The number of aliphatic hydroxyl groups is 1. The van der Waals surface area contributed by atoms with Gasteiger partial charge in [-0.15, -0.1) is 0 Å². The van der Waals surface area contributed by atoms with Crippen molar-refractivity contribution in [1.29, 1.82) is 0 Å². The number of aromatic nitrogens is 3. The molecule has 0 unspecified atom stereocenters. The van der Waals surface area contributed by atoms with E-state index in [1.54, 1.807) is 12.1 Å². The van der Waals surface area contributed by atoms with Gasteiger partial charge in [0.15, 0.2) is 0 Å². The summed E-state index contributed by atoms with van der Waals surface area (Å²) >= 11 is 0. The molecule has 0 atom stereocenters. The smallest absolute Gasteiger partial charge is 0.274 e. The van der Waals surface area contributed by atoms with Gasteiger partial charge in [-0.2, -0.15) is 9.49 Å². The first-order chi connectivity index (χ1) is 13.7. The molecule has 2 aromatic heterocycles. The fraction of sp³-hybridized carbons (Fsp3) is 0.381. The molecule has 29 heavy (non-hydrogen) atoms.